The summed E-state index contributed by atoms with van der Waals surface area (Å²) < 4.78 is 18.3. The van der Waals surface area contributed by atoms with Crippen molar-refractivity contribution in [2.75, 3.05) is 32.1 Å². The van der Waals surface area contributed by atoms with Gasteiger partial charge in [-0.1, -0.05) is 5.92 Å². The Bertz CT molecular complexity index is 462. The number of nitrogens with one attached hydrogen (secondary N) is 1. The summed E-state index contributed by atoms with van der Waals surface area (Å²) in [6.07, 6.45) is 7.37. The van der Waals surface area contributed by atoms with Crippen molar-refractivity contribution in [3.8, 4) is 18.1 Å². The SMILES string of the molecule is C#CCN1CCC(Nc2ccc(F)cc2OC)CC1. The van der Waals surface area contributed by atoms with Crippen LogP contribution in [0.3, 0.4) is 0 Å². The number of halogens is 1. The van der Waals surface area contributed by atoms with E-state index in [0.29, 0.717) is 18.3 Å². The van der Waals surface area contributed by atoms with Crippen LogP contribution < -0.4 is 10.1 Å². The van der Waals surface area contributed by atoms with Crippen LogP contribution in [0, 0.1) is 18.2 Å². The third-order valence-corrected chi connectivity index (χ3v) is 3.43. The number of hydrogen-bond donors (Lipinski definition) is 1. The quantitative estimate of drug-likeness (QED) is 0.843. The van der Waals surface area contributed by atoms with Gasteiger partial charge in [0.15, 0.2) is 0 Å². The molecule has 0 unspecified atom stereocenters. The number of likely N-dealkylation sites (tertiary alicyclic amines) is 1. The number of rotatable bonds is 4. The summed E-state index contributed by atoms with van der Waals surface area (Å²) in [6, 6.07) is 4.95. The average Bonchev–Trinajstić information content (AvgIpc) is 2.43. The first-order chi connectivity index (χ1) is 9.22. The van der Waals surface area contributed by atoms with Crippen LogP contribution in [0.1, 0.15) is 12.8 Å². The highest BCUT2D eigenvalue weighted by Crippen LogP contribution is 2.27. The minimum absolute atomic E-state index is 0.286. The van der Waals surface area contributed by atoms with Crippen LogP contribution in [0.2, 0.25) is 0 Å². The van der Waals surface area contributed by atoms with Gasteiger partial charge in [0.25, 0.3) is 0 Å². The van der Waals surface area contributed by atoms with Crippen LogP contribution in [0.4, 0.5) is 10.1 Å². The highest BCUT2D eigenvalue weighted by atomic mass is 19.1. The van der Waals surface area contributed by atoms with Crippen molar-refractivity contribution in [2.45, 2.75) is 18.9 Å². The molecule has 0 aromatic heterocycles. The summed E-state index contributed by atoms with van der Waals surface area (Å²) in [4.78, 5) is 2.26. The molecule has 2 rings (SSSR count). The van der Waals surface area contributed by atoms with Gasteiger partial charge in [-0.15, -0.1) is 6.42 Å². The second-order valence-electron chi connectivity index (χ2n) is 4.74. The number of ether oxygens (including phenoxy) is 1. The minimum atomic E-state index is -0.286. The largest absolute Gasteiger partial charge is 0.494 e. The summed E-state index contributed by atoms with van der Waals surface area (Å²) in [5, 5.41) is 3.42. The maximum atomic E-state index is 13.1. The van der Waals surface area contributed by atoms with Gasteiger partial charge in [0, 0.05) is 25.2 Å². The van der Waals surface area contributed by atoms with Gasteiger partial charge in [-0.25, -0.2) is 4.39 Å². The van der Waals surface area contributed by atoms with Crippen molar-refractivity contribution in [1.82, 2.24) is 4.90 Å². The monoisotopic (exact) mass is 262 g/mol. The molecule has 1 heterocycles. The van der Waals surface area contributed by atoms with Crippen LogP contribution in [0.25, 0.3) is 0 Å². The Labute approximate surface area is 113 Å². The first-order valence-corrected chi connectivity index (χ1v) is 6.49. The van der Waals surface area contributed by atoms with Crippen molar-refractivity contribution < 1.29 is 9.13 Å². The second-order valence-corrected chi connectivity index (χ2v) is 4.74. The molecule has 0 saturated carbocycles. The molecule has 0 amide bonds. The van der Waals surface area contributed by atoms with E-state index in [9.17, 15) is 4.39 Å². The lowest BCUT2D eigenvalue weighted by molar-refractivity contribution is 0.243. The van der Waals surface area contributed by atoms with Crippen LogP contribution in [-0.2, 0) is 0 Å². The third-order valence-electron chi connectivity index (χ3n) is 3.43. The van der Waals surface area contributed by atoms with E-state index < -0.39 is 0 Å². The smallest absolute Gasteiger partial charge is 0.144 e. The van der Waals surface area contributed by atoms with Crippen LogP contribution in [0.5, 0.6) is 5.75 Å². The molecule has 102 valence electrons. The number of piperidine rings is 1. The predicted octanol–water partition coefficient (Wildman–Crippen LogP) is 2.34. The van der Waals surface area contributed by atoms with E-state index in [4.69, 9.17) is 11.2 Å². The van der Waals surface area contributed by atoms with Crippen molar-refractivity contribution in [1.29, 1.82) is 0 Å². The predicted molar refractivity (Wildman–Crippen MR) is 74.9 cm³/mol. The van der Waals surface area contributed by atoms with E-state index in [1.807, 2.05) is 0 Å². The number of anilines is 1. The van der Waals surface area contributed by atoms with E-state index in [-0.39, 0.29) is 5.82 Å². The molecule has 0 bridgehead atoms. The van der Waals surface area contributed by atoms with Gasteiger partial charge in [0.1, 0.15) is 11.6 Å². The molecule has 1 fully saturated rings. The Morgan fingerprint density at radius 3 is 2.84 bits per heavy atom. The number of nitrogens with zero attached hydrogens (tertiary/aromatic N) is 1. The van der Waals surface area contributed by atoms with Crippen LogP contribution >= 0.6 is 0 Å². The topological polar surface area (TPSA) is 24.5 Å². The molecule has 0 radical (unpaired) electrons. The van der Waals surface area contributed by atoms with Gasteiger partial charge in [0.2, 0.25) is 0 Å². The average molecular weight is 262 g/mol. The van der Waals surface area contributed by atoms with Gasteiger partial charge >= 0.3 is 0 Å². The molecule has 1 aromatic carbocycles. The maximum absolute atomic E-state index is 13.1. The molecule has 0 aliphatic carbocycles. The lowest BCUT2D eigenvalue weighted by Gasteiger charge is -2.31. The third kappa shape index (κ3) is 3.62. The Hall–Kier alpha value is -1.73. The summed E-state index contributed by atoms with van der Waals surface area (Å²) in [7, 11) is 1.55. The molecule has 4 heteroatoms. The zero-order valence-electron chi connectivity index (χ0n) is 11.2. The molecular formula is C15H19FN2O. The Balaban J connectivity index is 1.94. The highest BCUT2D eigenvalue weighted by molar-refractivity contribution is 5.57. The lowest BCUT2D eigenvalue weighted by Crippen LogP contribution is -2.39. The first kappa shape index (κ1) is 13.7. The van der Waals surface area contributed by atoms with Crippen molar-refractivity contribution >= 4 is 5.69 Å². The maximum Gasteiger partial charge on any atom is 0.144 e. The number of methoxy groups -OCH3 is 1. The fourth-order valence-electron chi connectivity index (χ4n) is 2.37. The van der Waals surface area contributed by atoms with E-state index in [0.717, 1.165) is 31.6 Å². The second kappa shape index (κ2) is 6.44. The fourth-order valence-corrected chi connectivity index (χ4v) is 2.37. The van der Waals surface area contributed by atoms with E-state index >= 15 is 0 Å². The van der Waals surface area contributed by atoms with Gasteiger partial charge < -0.3 is 10.1 Å². The first-order valence-electron chi connectivity index (χ1n) is 6.49. The summed E-state index contributed by atoms with van der Waals surface area (Å²) in [5.74, 6) is 2.93. The molecular weight excluding hydrogens is 243 g/mol. The molecule has 19 heavy (non-hydrogen) atoms. The lowest BCUT2D eigenvalue weighted by atomic mass is 10.0. The number of benzene rings is 1. The number of hydrogen-bond acceptors (Lipinski definition) is 3. The van der Waals surface area contributed by atoms with Crippen LogP contribution in [-0.4, -0.2) is 37.7 Å². The summed E-state index contributed by atoms with van der Waals surface area (Å²) >= 11 is 0. The molecule has 1 aliphatic rings. The normalized spacial score (nSPS) is 16.9. The Morgan fingerprint density at radius 2 is 2.21 bits per heavy atom. The molecule has 0 spiro atoms. The van der Waals surface area contributed by atoms with Gasteiger partial charge in [-0.3, -0.25) is 4.90 Å². The highest BCUT2D eigenvalue weighted by Gasteiger charge is 2.19. The number of terminal acetylenes is 1. The molecule has 3 nitrogen and oxygen atoms in total. The van der Waals surface area contributed by atoms with Crippen molar-refractivity contribution in [2.24, 2.45) is 0 Å². The van der Waals surface area contributed by atoms with Gasteiger partial charge in [-0.05, 0) is 25.0 Å². The van der Waals surface area contributed by atoms with E-state index in [1.165, 1.54) is 12.1 Å². The zero-order chi connectivity index (χ0) is 13.7. The van der Waals surface area contributed by atoms with Crippen LogP contribution in [0.15, 0.2) is 18.2 Å². The van der Waals surface area contributed by atoms with Gasteiger partial charge in [-0.2, -0.15) is 0 Å². The van der Waals surface area contributed by atoms with Crippen molar-refractivity contribution in [3.05, 3.63) is 24.0 Å². The van der Waals surface area contributed by atoms with E-state index in [2.05, 4.69) is 16.1 Å². The molecule has 1 aromatic rings. The Morgan fingerprint density at radius 1 is 1.47 bits per heavy atom. The molecule has 0 atom stereocenters. The molecule has 1 aliphatic heterocycles. The zero-order valence-corrected chi connectivity index (χ0v) is 11.2. The van der Waals surface area contributed by atoms with Crippen molar-refractivity contribution in [3.63, 3.8) is 0 Å². The molecule has 1 saturated heterocycles. The Kier molecular flexibility index (Phi) is 4.64. The standard InChI is InChI=1S/C15H19FN2O/c1-3-8-18-9-6-13(7-10-18)17-14-5-4-12(16)11-15(14)19-2/h1,4-5,11,13,17H,6-10H2,2H3. The van der Waals surface area contributed by atoms with E-state index in [1.54, 1.807) is 13.2 Å². The fraction of sp³-hybridized carbons (Fsp3) is 0.467. The minimum Gasteiger partial charge on any atom is -0.494 e. The summed E-state index contributed by atoms with van der Waals surface area (Å²) in [5.41, 5.74) is 0.847. The molecule has 1 N–H and O–H groups in total. The summed E-state index contributed by atoms with van der Waals surface area (Å²) in [6.45, 7) is 2.70. The van der Waals surface area contributed by atoms with Gasteiger partial charge in [0.05, 0.1) is 19.3 Å².